The molecule has 0 fully saturated rings. The average molecular weight is 321 g/mol. The Labute approximate surface area is 138 Å². The fraction of sp³-hybridized carbons (Fsp3) is 0.105. The van der Waals surface area contributed by atoms with E-state index in [1.54, 1.807) is 6.08 Å². The molecule has 4 rings (SSSR count). The number of hydrogen-bond donors (Lipinski definition) is 1. The number of carbonyl (C=O) groups excluding carboxylic acids is 1. The third-order valence-corrected chi connectivity index (χ3v) is 3.75. The lowest BCUT2D eigenvalue weighted by atomic mass is 10.2. The van der Waals surface area contributed by atoms with E-state index >= 15 is 0 Å². The summed E-state index contributed by atoms with van der Waals surface area (Å²) in [5, 5.41) is 3.84. The van der Waals surface area contributed by atoms with E-state index in [0.29, 0.717) is 18.1 Å². The molecule has 0 spiro atoms. The van der Waals surface area contributed by atoms with Gasteiger partial charge in [-0.05, 0) is 35.9 Å². The Balaban J connectivity index is 1.37. The van der Waals surface area contributed by atoms with Crippen molar-refractivity contribution in [1.29, 1.82) is 0 Å². The first-order valence-corrected chi connectivity index (χ1v) is 7.61. The van der Waals surface area contributed by atoms with Crippen LogP contribution in [0.2, 0.25) is 0 Å². The second kappa shape index (κ2) is 6.12. The number of carbonyl (C=O) groups is 1. The van der Waals surface area contributed by atoms with Gasteiger partial charge in [0.25, 0.3) is 0 Å². The van der Waals surface area contributed by atoms with Crippen molar-refractivity contribution >= 4 is 23.0 Å². The molecule has 0 bridgehead atoms. The number of furan rings is 1. The quantitative estimate of drug-likeness (QED) is 0.747. The number of amides is 1. The fourth-order valence-corrected chi connectivity index (χ4v) is 2.54. The van der Waals surface area contributed by atoms with Gasteiger partial charge in [0.15, 0.2) is 11.5 Å². The summed E-state index contributed by atoms with van der Waals surface area (Å²) in [5.41, 5.74) is 1.75. The molecule has 24 heavy (non-hydrogen) atoms. The predicted octanol–water partition coefficient (Wildman–Crippen LogP) is 3.49. The van der Waals surface area contributed by atoms with Crippen LogP contribution in [0.5, 0.6) is 11.5 Å². The molecule has 1 N–H and O–H groups in total. The number of benzene rings is 2. The first-order chi connectivity index (χ1) is 11.8. The second-order valence-electron chi connectivity index (χ2n) is 5.43. The van der Waals surface area contributed by atoms with Crippen LogP contribution >= 0.6 is 0 Å². The fourth-order valence-electron chi connectivity index (χ4n) is 2.54. The van der Waals surface area contributed by atoms with Crippen molar-refractivity contribution in [3.8, 4) is 11.5 Å². The minimum Gasteiger partial charge on any atom is -0.457 e. The molecular formula is C19H15NO4. The number of para-hydroxylation sites is 1. The molecule has 0 aliphatic carbocycles. The molecule has 1 aliphatic rings. The molecule has 0 unspecified atom stereocenters. The Hall–Kier alpha value is -3.21. The maximum atomic E-state index is 11.9. The Bertz CT molecular complexity index is 893. The van der Waals surface area contributed by atoms with Gasteiger partial charge in [0.1, 0.15) is 11.3 Å². The molecule has 5 heteroatoms. The Kier molecular flexibility index (Phi) is 3.67. The molecule has 1 aromatic heterocycles. The number of nitrogens with one attached hydrogen (secondary N) is 1. The highest BCUT2D eigenvalue weighted by molar-refractivity contribution is 5.92. The maximum absolute atomic E-state index is 11.9. The largest absolute Gasteiger partial charge is 0.457 e. The van der Waals surface area contributed by atoms with Crippen LogP contribution in [-0.4, -0.2) is 12.7 Å². The van der Waals surface area contributed by atoms with Crippen LogP contribution in [-0.2, 0) is 11.3 Å². The summed E-state index contributed by atoms with van der Waals surface area (Å²) < 4.78 is 16.2. The molecule has 2 heterocycles. The van der Waals surface area contributed by atoms with E-state index in [9.17, 15) is 4.79 Å². The van der Waals surface area contributed by atoms with Gasteiger partial charge in [0.05, 0.1) is 0 Å². The van der Waals surface area contributed by atoms with Crippen LogP contribution in [0.1, 0.15) is 11.3 Å². The van der Waals surface area contributed by atoms with Gasteiger partial charge in [-0.1, -0.05) is 24.3 Å². The van der Waals surface area contributed by atoms with Crippen molar-refractivity contribution in [3.63, 3.8) is 0 Å². The van der Waals surface area contributed by atoms with E-state index in [1.165, 1.54) is 6.08 Å². The van der Waals surface area contributed by atoms with Gasteiger partial charge in [-0.15, -0.1) is 0 Å². The van der Waals surface area contributed by atoms with Crippen LogP contribution < -0.4 is 14.8 Å². The number of hydrogen-bond acceptors (Lipinski definition) is 4. The van der Waals surface area contributed by atoms with E-state index in [4.69, 9.17) is 13.9 Å². The van der Waals surface area contributed by atoms with E-state index < -0.39 is 0 Å². The van der Waals surface area contributed by atoms with Crippen molar-refractivity contribution in [3.05, 3.63) is 65.9 Å². The third kappa shape index (κ3) is 2.96. The smallest absolute Gasteiger partial charge is 0.244 e. The topological polar surface area (TPSA) is 60.7 Å². The predicted molar refractivity (Wildman–Crippen MR) is 89.7 cm³/mol. The van der Waals surface area contributed by atoms with E-state index in [0.717, 1.165) is 22.3 Å². The lowest BCUT2D eigenvalue weighted by Gasteiger charge is -2.03. The van der Waals surface area contributed by atoms with Gasteiger partial charge in [-0.2, -0.15) is 0 Å². The van der Waals surface area contributed by atoms with Crippen molar-refractivity contribution in [2.24, 2.45) is 0 Å². The van der Waals surface area contributed by atoms with Gasteiger partial charge in [0, 0.05) is 18.0 Å². The number of ether oxygens (including phenoxy) is 2. The van der Waals surface area contributed by atoms with Gasteiger partial charge in [-0.3, -0.25) is 4.79 Å². The van der Waals surface area contributed by atoms with Crippen LogP contribution in [0.4, 0.5) is 0 Å². The lowest BCUT2D eigenvalue weighted by Crippen LogP contribution is -2.20. The molecule has 1 amide bonds. The number of fused-ring (bicyclic) bond motifs is 2. The van der Waals surface area contributed by atoms with Crippen molar-refractivity contribution < 1.29 is 18.7 Å². The first kappa shape index (κ1) is 14.4. The molecule has 120 valence electrons. The number of rotatable bonds is 4. The van der Waals surface area contributed by atoms with Crippen molar-refractivity contribution in [2.75, 3.05) is 6.79 Å². The second-order valence-corrected chi connectivity index (χ2v) is 5.43. The van der Waals surface area contributed by atoms with Crippen LogP contribution in [0.3, 0.4) is 0 Å². The van der Waals surface area contributed by atoms with Crippen molar-refractivity contribution in [2.45, 2.75) is 6.54 Å². The van der Waals surface area contributed by atoms with Gasteiger partial charge >= 0.3 is 0 Å². The molecular weight excluding hydrogens is 306 g/mol. The van der Waals surface area contributed by atoms with Gasteiger partial charge in [-0.25, -0.2) is 0 Å². The summed E-state index contributed by atoms with van der Waals surface area (Å²) in [6.07, 6.45) is 3.12. The summed E-state index contributed by atoms with van der Waals surface area (Å²) >= 11 is 0. The standard InChI is InChI=1S/C19H15NO4/c21-19(8-6-15-10-14-3-1-2-4-16(14)24-15)20-11-13-5-7-17-18(9-13)23-12-22-17/h1-10H,11-12H2,(H,20,21)/b8-6+. The molecule has 0 radical (unpaired) electrons. The van der Waals surface area contributed by atoms with Gasteiger partial charge < -0.3 is 19.2 Å². The highest BCUT2D eigenvalue weighted by Gasteiger charge is 2.13. The van der Waals surface area contributed by atoms with Crippen LogP contribution in [0.15, 0.2) is 59.0 Å². The molecule has 2 aromatic carbocycles. The monoisotopic (exact) mass is 321 g/mol. The van der Waals surface area contributed by atoms with Crippen LogP contribution in [0, 0.1) is 0 Å². The van der Waals surface area contributed by atoms with Gasteiger partial charge in [0.2, 0.25) is 12.7 Å². The molecule has 0 saturated heterocycles. The minimum atomic E-state index is -0.187. The summed E-state index contributed by atoms with van der Waals surface area (Å²) in [5.74, 6) is 1.90. The maximum Gasteiger partial charge on any atom is 0.244 e. The normalized spacial score (nSPS) is 12.8. The SMILES string of the molecule is O=C(/C=C/c1cc2ccccc2o1)NCc1ccc2c(c1)OCO2. The highest BCUT2D eigenvalue weighted by atomic mass is 16.7. The zero-order chi connectivity index (χ0) is 16.4. The Morgan fingerprint density at radius 2 is 1.96 bits per heavy atom. The van der Waals surface area contributed by atoms with E-state index in [2.05, 4.69) is 5.32 Å². The summed E-state index contributed by atoms with van der Waals surface area (Å²) in [7, 11) is 0. The highest BCUT2D eigenvalue weighted by Crippen LogP contribution is 2.32. The lowest BCUT2D eigenvalue weighted by molar-refractivity contribution is -0.116. The average Bonchev–Trinajstić information content (AvgIpc) is 3.23. The summed E-state index contributed by atoms with van der Waals surface area (Å²) in [6.45, 7) is 0.658. The molecule has 0 saturated carbocycles. The van der Waals surface area contributed by atoms with Crippen LogP contribution in [0.25, 0.3) is 17.0 Å². The Morgan fingerprint density at radius 3 is 2.88 bits per heavy atom. The molecule has 1 aliphatic heterocycles. The first-order valence-electron chi connectivity index (χ1n) is 7.61. The zero-order valence-electron chi connectivity index (χ0n) is 12.8. The zero-order valence-corrected chi connectivity index (χ0v) is 12.8. The molecule has 0 atom stereocenters. The summed E-state index contributed by atoms with van der Waals surface area (Å²) in [6, 6.07) is 15.2. The molecule has 5 nitrogen and oxygen atoms in total. The third-order valence-electron chi connectivity index (χ3n) is 3.75. The Morgan fingerprint density at radius 1 is 1.08 bits per heavy atom. The van der Waals surface area contributed by atoms with E-state index in [-0.39, 0.29) is 12.7 Å². The molecule has 3 aromatic rings. The van der Waals surface area contributed by atoms with E-state index in [1.807, 2.05) is 48.5 Å². The summed E-state index contributed by atoms with van der Waals surface area (Å²) in [4.78, 5) is 11.9. The van der Waals surface area contributed by atoms with Crippen molar-refractivity contribution in [1.82, 2.24) is 5.32 Å². The minimum absolute atomic E-state index is 0.187.